The van der Waals surface area contributed by atoms with Crippen LogP contribution in [0.4, 0.5) is 10.1 Å². The molecule has 1 N–H and O–H groups in total. The highest BCUT2D eigenvalue weighted by Crippen LogP contribution is 2.38. The Hall–Kier alpha value is -2.78. The van der Waals surface area contributed by atoms with Crippen molar-refractivity contribution >= 4 is 50.4 Å². The van der Waals surface area contributed by atoms with Crippen LogP contribution in [0.5, 0.6) is 0 Å². The van der Waals surface area contributed by atoms with Crippen molar-refractivity contribution in [3.8, 4) is 0 Å². The van der Waals surface area contributed by atoms with Crippen LogP contribution in [0.15, 0.2) is 29.3 Å². The van der Waals surface area contributed by atoms with Gasteiger partial charge in [-0.05, 0) is 48.9 Å². The number of rotatable bonds is 3. The van der Waals surface area contributed by atoms with Crippen molar-refractivity contribution < 1.29 is 9.18 Å². The predicted molar refractivity (Wildman–Crippen MR) is 114 cm³/mol. The average molecular weight is 446 g/mol. The summed E-state index contributed by atoms with van der Waals surface area (Å²) >= 11 is 7.61. The topological polar surface area (TPSA) is 81.3 Å². The predicted octanol–water partition coefficient (Wildman–Crippen LogP) is 3.66. The number of fused-ring (bicyclic) bond motifs is 5. The maximum atomic E-state index is 13.2. The number of carbonyl (C=O) groups is 1. The second-order valence-corrected chi connectivity index (χ2v) is 9.06. The first kappa shape index (κ1) is 19.2. The van der Waals surface area contributed by atoms with Crippen molar-refractivity contribution in [1.82, 2.24) is 19.2 Å². The van der Waals surface area contributed by atoms with Crippen molar-refractivity contribution in [1.29, 1.82) is 0 Å². The number of nitrogens with zero attached hydrogens (tertiary/aromatic N) is 4. The number of aromatic nitrogens is 4. The van der Waals surface area contributed by atoms with Gasteiger partial charge < -0.3 is 5.32 Å². The van der Waals surface area contributed by atoms with Crippen molar-refractivity contribution in [2.45, 2.75) is 32.7 Å². The summed E-state index contributed by atoms with van der Waals surface area (Å²) in [6, 6.07) is 3.68. The molecule has 0 aliphatic heterocycles. The number of thiophene rings is 1. The highest BCUT2D eigenvalue weighted by atomic mass is 35.5. The SMILES string of the molecule is CC1CCc2c(sc3ncn4c(nc(=O)n4CC(=O)Nc4ccc(F)cc4Cl)c23)C1. The zero-order valence-corrected chi connectivity index (χ0v) is 17.6. The first-order valence-electron chi connectivity index (χ1n) is 9.54. The smallest absolute Gasteiger partial charge is 0.323 e. The third kappa shape index (κ3) is 3.18. The summed E-state index contributed by atoms with van der Waals surface area (Å²) < 4.78 is 16.0. The lowest BCUT2D eigenvalue weighted by Crippen LogP contribution is -2.28. The second-order valence-electron chi connectivity index (χ2n) is 7.57. The van der Waals surface area contributed by atoms with Crippen LogP contribution in [0, 0.1) is 11.7 Å². The van der Waals surface area contributed by atoms with Gasteiger partial charge in [0.15, 0.2) is 5.65 Å². The fraction of sp³-hybridized carbons (Fsp3) is 0.300. The van der Waals surface area contributed by atoms with Crippen molar-refractivity contribution in [2.75, 3.05) is 5.32 Å². The summed E-state index contributed by atoms with van der Waals surface area (Å²) in [6.45, 7) is 1.96. The van der Waals surface area contributed by atoms with Crippen LogP contribution in [0.25, 0.3) is 15.9 Å². The van der Waals surface area contributed by atoms with Gasteiger partial charge in [0.1, 0.15) is 23.5 Å². The van der Waals surface area contributed by atoms with Gasteiger partial charge in [-0.3, -0.25) is 4.79 Å². The van der Waals surface area contributed by atoms with Crippen LogP contribution in [-0.4, -0.2) is 25.1 Å². The Morgan fingerprint density at radius 1 is 1.43 bits per heavy atom. The number of hydrogen-bond acceptors (Lipinski definition) is 5. The molecular weight excluding hydrogens is 429 g/mol. The van der Waals surface area contributed by atoms with E-state index in [9.17, 15) is 14.0 Å². The quantitative estimate of drug-likeness (QED) is 0.521. The number of halogens is 2. The zero-order valence-electron chi connectivity index (χ0n) is 16.0. The van der Waals surface area contributed by atoms with E-state index in [1.807, 2.05) is 0 Å². The molecule has 0 saturated heterocycles. The molecule has 0 fully saturated rings. The molecule has 1 unspecified atom stereocenters. The van der Waals surface area contributed by atoms with Crippen LogP contribution in [0.1, 0.15) is 23.8 Å². The summed E-state index contributed by atoms with van der Waals surface area (Å²) in [5, 5.41) is 3.58. The molecule has 1 aliphatic rings. The minimum Gasteiger partial charge on any atom is -0.323 e. The molecule has 0 bridgehead atoms. The van der Waals surface area contributed by atoms with Gasteiger partial charge in [0.05, 0.1) is 16.1 Å². The molecule has 4 aromatic rings. The summed E-state index contributed by atoms with van der Waals surface area (Å²) in [6.07, 6.45) is 4.55. The van der Waals surface area contributed by atoms with E-state index < -0.39 is 17.4 Å². The Morgan fingerprint density at radius 3 is 3.07 bits per heavy atom. The Balaban J connectivity index is 1.52. The lowest BCUT2D eigenvalue weighted by atomic mass is 9.89. The van der Waals surface area contributed by atoms with Crippen molar-refractivity contribution in [3.63, 3.8) is 0 Å². The minimum atomic E-state index is -0.534. The molecule has 30 heavy (non-hydrogen) atoms. The maximum absolute atomic E-state index is 13.2. The number of aryl methyl sites for hydroxylation is 1. The van der Waals surface area contributed by atoms with E-state index in [0.717, 1.165) is 35.5 Å². The van der Waals surface area contributed by atoms with Gasteiger partial charge in [-0.2, -0.15) is 4.98 Å². The highest BCUT2D eigenvalue weighted by Gasteiger charge is 2.24. The van der Waals surface area contributed by atoms with Gasteiger partial charge in [-0.1, -0.05) is 18.5 Å². The molecule has 3 heterocycles. The zero-order chi connectivity index (χ0) is 21.0. The lowest BCUT2D eigenvalue weighted by molar-refractivity contribution is -0.117. The number of hydrogen-bond donors (Lipinski definition) is 1. The average Bonchev–Trinajstić information content (AvgIpc) is 3.21. The van der Waals surface area contributed by atoms with E-state index in [1.165, 1.54) is 38.1 Å². The van der Waals surface area contributed by atoms with Gasteiger partial charge >= 0.3 is 5.69 Å². The lowest BCUT2D eigenvalue weighted by Gasteiger charge is -2.17. The molecule has 3 aromatic heterocycles. The number of anilines is 1. The molecule has 1 aromatic carbocycles. The molecule has 7 nitrogen and oxygen atoms in total. The van der Waals surface area contributed by atoms with Gasteiger partial charge in [0, 0.05) is 4.88 Å². The first-order chi connectivity index (χ1) is 14.4. The van der Waals surface area contributed by atoms with Crippen LogP contribution >= 0.6 is 22.9 Å². The first-order valence-corrected chi connectivity index (χ1v) is 10.7. The fourth-order valence-electron chi connectivity index (χ4n) is 3.92. The van der Waals surface area contributed by atoms with E-state index in [2.05, 4.69) is 22.2 Å². The molecular formula is C20H17ClFN5O2S. The number of benzene rings is 1. The van der Waals surface area contributed by atoms with Crippen molar-refractivity contribution in [2.24, 2.45) is 5.92 Å². The van der Waals surface area contributed by atoms with Crippen molar-refractivity contribution in [3.05, 3.63) is 56.3 Å². The van der Waals surface area contributed by atoms with Crippen LogP contribution in [-0.2, 0) is 24.2 Å². The van der Waals surface area contributed by atoms with E-state index in [1.54, 1.807) is 11.3 Å². The molecule has 154 valence electrons. The molecule has 0 saturated carbocycles. The normalized spacial score (nSPS) is 16.2. The van der Waals surface area contributed by atoms with Gasteiger partial charge in [-0.15, -0.1) is 11.3 Å². The Bertz CT molecular complexity index is 1380. The monoisotopic (exact) mass is 445 g/mol. The van der Waals surface area contributed by atoms with Gasteiger partial charge in [0.2, 0.25) is 5.91 Å². The molecule has 5 rings (SSSR count). The molecule has 1 aliphatic carbocycles. The Morgan fingerprint density at radius 2 is 2.27 bits per heavy atom. The van der Waals surface area contributed by atoms with Gasteiger partial charge in [0.25, 0.3) is 0 Å². The second kappa shape index (κ2) is 7.17. The third-order valence-electron chi connectivity index (χ3n) is 5.40. The third-order valence-corrected chi connectivity index (χ3v) is 6.87. The summed E-state index contributed by atoms with van der Waals surface area (Å²) in [5.41, 5.74) is 1.47. The number of nitrogens with one attached hydrogen (secondary N) is 1. The van der Waals surface area contributed by atoms with E-state index in [4.69, 9.17) is 11.6 Å². The molecule has 1 atom stereocenters. The maximum Gasteiger partial charge on any atom is 0.365 e. The molecule has 10 heteroatoms. The fourth-order valence-corrected chi connectivity index (χ4v) is 5.48. The molecule has 0 radical (unpaired) electrons. The summed E-state index contributed by atoms with van der Waals surface area (Å²) in [4.78, 5) is 36.0. The standard InChI is InChI=1S/C20H17ClFN5O2S/c1-10-2-4-12-15(6-10)30-19-17(12)18-25-20(29)26(27(18)9-23-19)8-16(28)24-14-5-3-11(22)7-13(14)21/h3,5,7,9-10H,2,4,6,8H2,1H3,(H,24,28). The largest absolute Gasteiger partial charge is 0.365 e. The Labute approximate surface area is 179 Å². The van der Waals surface area contributed by atoms with Crippen LogP contribution in [0.2, 0.25) is 5.02 Å². The summed E-state index contributed by atoms with van der Waals surface area (Å²) in [7, 11) is 0. The van der Waals surface area contributed by atoms with Crippen LogP contribution < -0.4 is 11.0 Å². The van der Waals surface area contributed by atoms with E-state index in [-0.39, 0.29) is 17.3 Å². The number of amides is 1. The highest BCUT2D eigenvalue weighted by molar-refractivity contribution is 7.19. The van der Waals surface area contributed by atoms with Gasteiger partial charge in [-0.25, -0.2) is 23.4 Å². The van der Waals surface area contributed by atoms with E-state index in [0.29, 0.717) is 11.6 Å². The van der Waals surface area contributed by atoms with Crippen LogP contribution in [0.3, 0.4) is 0 Å². The van der Waals surface area contributed by atoms with E-state index >= 15 is 0 Å². The summed E-state index contributed by atoms with van der Waals surface area (Å²) in [5.74, 6) is -0.350. The number of carbonyl (C=O) groups excluding carboxylic acids is 1. The molecule has 0 spiro atoms. The minimum absolute atomic E-state index is 0.0799. The molecule has 1 amide bonds. The Kier molecular flexibility index (Phi) is 4.59.